The van der Waals surface area contributed by atoms with E-state index in [2.05, 4.69) is 13.8 Å². The Morgan fingerprint density at radius 1 is 0.448 bits per heavy atom. The predicted molar refractivity (Wildman–Crippen MR) is 128 cm³/mol. The Labute approximate surface area is 184 Å². The highest BCUT2D eigenvalue weighted by molar-refractivity contribution is 7.39. The van der Waals surface area contributed by atoms with Crippen molar-refractivity contribution >= 4 is 8.60 Å². The quantitative estimate of drug-likeness (QED) is 0.121. The van der Waals surface area contributed by atoms with Crippen molar-refractivity contribution in [3.05, 3.63) is 0 Å². The molecule has 4 nitrogen and oxygen atoms in total. The van der Waals surface area contributed by atoms with E-state index in [0.717, 1.165) is 12.8 Å². The van der Waals surface area contributed by atoms with Gasteiger partial charge < -0.3 is 20.1 Å². The first kappa shape index (κ1) is 31.5. The zero-order valence-corrected chi connectivity index (χ0v) is 21.1. The SMILES string of the molecule is CCCCCCCCCCCCOP([O-])OCCCCCCCCCCCC.[NH4+]. The molecule has 0 aromatic carbocycles. The van der Waals surface area contributed by atoms with Crippen molar-refractivity contribution in [2.24, 2.45) is 0 Å². The van der Waals surface area contributed by atoms with Crippen molar-refractivity contribution in [3.63, 3.8) is 0 Å². The van der Waals surface area contributed by atoms with Crippen LogP contribution in [0.15, 0.2) is 0 Å². The lowest BCUT2D eigenvalue weighted by atomic mass is 10.1. The van der Waals surface area contributed by atoms with Gasteiger partial charge in [-0.2, -0.15) is 0 Å². The summed E-state index contributed by atoms with van der Waals surface area (Å²) in [4.78, 5) is 11.7. The van der Waals surface area contributed by atoms with Crippen LogP contribution >= 0.6 is 8.60 Å². The lowest BCUT2D eigenvalue weighted by Gasteiger charge is -2.22. The smallest absolute Gasteiger partial charge is 0.0828 e. The standard InChI is InChI=1S/C24H50O3P.H3N/c1-3-5-7-9-11-13-15-17-19-21-23-26-28(25)27-24-22-20-18-16-14-12-10-8-6-4-2;/h3-24H2,1-2H3;1H3/q-1;/p+1. The number of hydrogen-bond donors (Lipinski definition) is 1. The molecule has 0 saturated heterocycles. The topological polar surface area (TPSA) is 78.0 Å². The highest BCUT2D eigenvalue weighted by Crippen LogP contribution is 2.28. The minimum absolute atomic E-state index is 0. The van der Waals surface area contributed by atoms with Crippen LogP contribution < -0.4 is 11.0 Å². The third-order valence-electron chi connectivity index (χ3n) is 5.39. The lowest BCUT2D eigenvalue weighted by molar-refractivity contribution is -0.204. The van der Waals surface area contributed by atoms with Gasteiger partial charge in [0.05, 0.1) is 21.8 Å². The molecular formula is C24H54NO3P. The van der Waals surface area contributed by atoms with E-state index in [4.69, 9.17) is 9.05 Å². The minimum Gasteiger partial charge on any atom is -0.786 e. The summed E-state index contributed by atoms with van der Waals surface area (Å²) in [6, 6.07) is 0. The molecule has 178 valence electrons. The zero-order valence-electron chi connectivity index (χ0n) is 20.2. The van der Waals surface area contributed by atoms with E-state index in [9.17, 15) is 4.89 Å². The maximum atomic E-state index is 11.7. The highest BCUT2D eigenvalue weighted by Gasteiger charge is 1.98. The Morgan fingerprint density at radius 3 is 0.966 bits per heavy atom. The van der Waals surface area contributed by atoms with E-state index in [-0.39, 0.29) is 6.15 Å². The maximum absolute atomic E-state index is 11.7. The van der Waals surface area contributed by atoms with Gasteiger partial charge in [0.15, 0.2) is 0 Å². The van der Waals surface area contributed by atoms with E-state index in [1.165, 1.54) is 116 Å². The van der Waals surface area contributed by atoms with Crippen LogP contribution in [-0.2, 0) is 9.05 Å². The Kier molecular flexibility index (Phi) is 30.7. The van der Waals surface area contributed by atoms with Gasteiger partial charge in [-0.15, -0.1) is 0 Å². The Hall–Kier alpha value is 0.270. The molecule has 0 aromatic heterocycles. The molecule has 0 fully saturated rings. The summed E-state index contributed by atoms with van der Waals surface area (Å²) in [5.74, 6) is 0. The molecular weight excluding hydrogens is 381 g/mol. The molecule has 0 aliphatic heterocycles. The van der Waals surface area contributed by atoms with Crippen molar-refractivity contribution in [2.45, 2.75) is 142 Å². The van der Waals surface area contributed by atoms with Crippen LogP contribution in [0.4, 0.5) is 0 Å². The van der Waals surface area contributed by atoms with Crippen LogP contribution in [0, 0.1) is 0 Å². The molecule has 0 spiro atoms. The molecule has 0 saturated carbocycles. The summed E-state index contributed by atoms with van der Waals surface area (Å²) >= 11 is 0. The van der Waals surface area contributed by atoms with Gasteiger partial charge in [0.1, 0.15) is 0 Å². The summed E-state index contributed by atoms with van der Waals surface area (Å²) in [6.07, 6.45) is 26.1. The Bertz CT molecular complexity index is 257. The number of hydrogen-bond acceptors (Lipinski definition) is 3. The van der Waals surface area contributed by atoms with Crippen LogP contribution in [0.3, 0.4) is 0 Å². The second-order valence-electron chi connectivity index (χ2n) is 8.25. The Morgan fingerprint density at radius 2 is 0.690 bits per heavy atom. The molecule has 0 bridgehead atoms. The van der Waals surface area contributed by atoms with Crippen molar-refractivity contribution in [3.8, 4) is 0 Å². The largest absolute Gasteiger partial charge is 0.786 e. The van der Waals surface area contributed by atoms with Gasteiger partial charge >= 0.3 is 0 Å². The summed E-state index contributed by atoms with van der Waals surface area (Å²) in [6.45, 7) is 5.67. The Balaban J connectivity index is 0. The van der Waals surface area contributed by atoms with Gasteiger partial charge in [-0.05, 0) is 12.8 Å². The molecule has 4 N–H and O–H groups in total. The summed E-state index contributed by atoms with van der Waals surface area (Å²) in [5, 5.41) is 0. The van der Waals surface area contributed by atoms with Gasteiger partial charge in [-0.25, -0.2) is 0 Å². The van der Waals surface area contributed by atoms with Crippen molar-refractivity contribution in [1.29, 1.82) is 0 Å². The molecule has 0 unspecified atom stereocenters. The van der Waals surface area contributed by atoms with Crippen LogP contribution in [0.5, 0.6) is 0 Å². The van der Waals surface area contributed by atoms with Gasteiger partial charge in [0.25, 0.3) is 0 Å². The normalized spacial score (nSPS) is 11.2. The molecule has 0 amide bonds. The van der Waals surface area contributed by atoms with Crippen molar-refractivity contribution in [1.82, 2.24) is 6.15 Å². The summed E-state index contributed by atoms with van der Waals surface area (Å²) in [5.41, 5.74) is 0. The van der Waals surface area contributed by atoms with Crippen LogP contribution in [-0.4, -0.2) is 13.2 Å². The molecule has 0 aromatic rings. The zero-order chi connectivity index (χ0) is 20.5. The van der Waals surface area contributed by atoms with Gasteiger partial charge in [0, 0.05) is 0 Å². The highest BCUT2D eigenvalue weighted by atomic mass is 31.2. The number of unbranched alkanes of at least 4 members (excludes halogenated alkanes) is 18. The average Bonchev–Trinajstić information content (AvgIpc) is 2.70. The van der Waals surface area contributed by atoms with E-state index < -0.39 is 8.60 Å². The molecule has 0 rings (SSSR count). The van der Waals surface area contributed by atoms with E-state index in [0.29, 0.717) is 13.2 Å². The van der Waals surface area contributed by atoms with Crippen LogP contribution in [0.1, 0.15) is 142 Å². The molecule has 0 atom stereocenters. The van der Waals surface area contributed by atoms with Gasteiger partial charge in [-0.1, -0.05) is 129 Å². The molecule has 0 aliphatic rings. The monoisotopic (exact) mass is 435 g/mol. The fraction of sp³-hybridized carbons (Fsp3) is 1.00. The van der Waals surface area contributed by atoms with Gasteiger partial charge in [0.2, 0.25) is 0 Å². The first-order chi connectivity index (χ1) is 13.8. The lowest BCUT2D eigenvalue weighted by Crippen LogP contribution is -2.05. The molecule has 0 heterocycles. The van der Waals surface area contributed by atoms with E-state index >= 15 is 0 Å². The van der Waals surface area contributed by atoms with Gasteiger partial charge in [-0.3, -0.25) is 0 Å². The third-order valence-corrected chi connectivity index (χ3v) is 6.18. The van der Waals surface area contributed by atoms with Crippen molar-refractivity contribution in [2.75, 3.05) is 13.2 Å². The fourth-order valence-electron chi connectivity index (χ4n) is 3.49. The van der Waals surface area contributed by atoms with E-state index in [1.807, 2.05) is 0 Å². The average molecular weight is 436 g/mol. The maximum Gasteiger partial charge on any atom is 0.0828 e. The second-order valence-corrected chi connectivity index (χ2v) is 9.22. The predicted octanol–water partition coefficient (Wildman–Crippen LogP) is 8.82. The molecule has 0 aliphatic carbocycles. The number of quaternary nitrogens is 1. The molecule has 29 heavy (non-hydrogen) atoms. The van der Waals surface area contributed by atoms with Crippen molar-refractivity contribution < 1.29 is 13.9 Å². The first-order valence-electron chi connectivity index (χ1n) is 12.5. The summed E-state index contributed by atoms with van der Waals surface area (Å²) < 4.78 is 10.6. The molecule has 0 radical (unpaired) electrons. The first-order valence-corrected chi connectivity index (χ1v) is 13.6. The van der Waals surface area contributed by atoms with Crippen LogP contribution in [0.2, 0.25) is 0 Å². The summed E-state index contributed by atoms with van der Waals surface area (Å²) in [7, 11) is -1.90. The fourth-order valence-corrected chi connectivity index (χ4v) is 4.13. The second kappa shape index (κ2) is 28.3. The minimum atomic E-state index is -1.90. The van der Waals surface area contributed by atoms with E-state index in [1.54, 1.807) is 0 Å². The number of rotatable bonds is 24. The van der Waals surface area contributed by atoms with Crippen LogP contribution in [0.25, 0.3) is 0 Å². The third kappa shape index (κ3) is 28.3. The molecule has 5 heteroatoms.